The van der Waals surface area contributed by atoms with Crippen LogP contribution in [0.2, 0.25) is 0 Å². The van der Waals surface area contributed by atoms with E-state index in [9.17, 15) is 12.8 Å². The molecule has 19 heavy (non-hydrogen) atoms. The zero-order chi connectivity index (χ0) is 13.9. The van der Waals surface area contributed by atoms with Crippen LogP contribution in [-0.4, -0.2) is 28.2 Å². The van der Waals surface area contributed by atoms with Crippen molar-refractivity contribution in [1.29, 1.82) is 5.26 Å². The van der Waals surface area contributed by atoms with Crippen LogP contribution in [0.25, 0.3) is 0 Å². The summed E-state index contributed by atoms with van der Waals surface area (Å²) in [5.41, 5.74) is -0.460. The molecular formula is C12H13FN2O3S. The van der Waals surface area contributed by atoms with Gasteiger partial charge in [0, 0.05) is 13.2 Å². The molecule has 0 aliphatic carbocycles. The minimum absolute atomic E-state index is 0.119. The second-order valence-corrected chi connectivity index (χ2v) is 6.04. The number of nitriles is 1. The van der Waals surface area contributed by atoms with Crippen molar-refractivity contribution in [2.24, 2.45) is 5.92 Å². The van der Waals surface area contributed by atoms with Gasteiger partial charge < -0.3 is 4.74 Å². The largest absolute Gasteiger partial charge is 0.381 e. The molecule has 1 atom stereocenters. The highest BCUT2D eigenvalue weighted by Gasteiger charge is 2.23. The van der Waals surface area contributed by atoms with E-state index in [-0.39, 0.29) is 17.4 Å². The normalized spacial score (nSPS) is 19.3. The molecule has 1 heterocycles. The Morgan fingerprint density at radius 3 is 2.95 bits per heavy atom. The Bertz CT molecular complexity index is 604. The molecule has 2 rings (SSSR count). The van der Waals surface area contributed by atoms with Crippen LogP contribution in [0.4, 0.5) is 4.39 Å². The molecule has 1 saturated heterocycles. The predicted octanol–water partition coefficient (Wildman–Crippen LogP) is 1.01. The predicted molar refractivity (Wildman–Crippen MR) is 65.2 cm³/mol. The fourth-order valence-electron chi connectivity index (χ4n) is 1.89. The lowest BCUT2D eigenvalue weighted by Crippen LogP contribution is -2.30. The number of hydrogen-bond acceptors (Lipinski definition) is 4. The van der Waals surface area contributed by atoms with Crippen molar-refractivity contribution in [1.82, 2.24) is 4.72 Å². The molecule has 1 aliphatic rings. The number of ether oxygens (including phenoxy) is 1. The molecule has 5 nitrogen and oxygen atoms in total. The van der Waals surface area contributed by atoms with Gasteiger partial charge in [-0.05, 0) is 24.5 Å². The molecular weight excluding hydrogens is 271 g/mol. The van der Waals surface area contributed by atoms with Gasteiger partial charge in [0.25, 0.3) is 0 Å². The van der Waals surface area contributed by atoms with Crippen LogP contribution in [-0.2, 0) is 14.8 Å². The van der Waals surface area contributed by atoms with Gasteiger partial charge in [0.05, 0.1) is 6.61 Å². The Morgan fingerprint density at radius 1 is 1.53 bits per heavy atom. The number of halogens is 1. The van der Waals surface area contributed by atoms with Crippen molar-refractivity contribution < 1.29 is 17.5 Å². The molecule has 7 heteroatoms. The second-order valence-electron chi connectivity index (χ2n) is 4.31. The standard InChI is InChI=1S/C12H13FN2O3S/c13-11-2-1-3-12(10(11)6-14)19(16,17)15-7-9-4-5-18-8-9/h1-3,9,15H,4-5,7-8H2. The molecule has 102 valence electrons. The first-order chi connectivity index (χ1) is 9.04. The third-order valence-corrected chi connectivity index (χ3v) is 4.43. The van der Waals surface area contributed by atoms with Crippen LogP contribution in [0.3, 0.4) is 0 Å². The third kappa shape index (κ3) is 3.10. The van der Waals surface area contributed by atoms with E-state index in [4.69, 9.17) is 10.00 Å². The Morgan fingerprint density at radius 2 is 2.32 bits per heavy atom. The van der Waals surface area contributed by atoms with E-state index < -0.39 is 21.4 Å². The highest BCUT2D eigenvalue weighted by molar-refractivity contribution is 7.89. The van der Waals surface area contributed by atoms with E-state index in [0.29, 0.717) is 13.2 Å². The quantitative estimate of drug-likeness (QED) is 0.895. The number of nitrogens with zero attached hydrogens (tertiary/aromatic N) is 1. The maximum Gasteiger partial charge on any atom is 0.242 e. The van der Waals surface area contributed by atoms with Crippen molar-refractivity contribution in [2.75, 3.05) is 19.8 Å². The van der Waals surface area contributed by atoms with Crippen LogP contribution in [0.1, 0.15) is 12.0 Å². The topological polar surface area (TPSA) is 79.2 Å². The molecule has 0 amide bonds. The number of nitrogens with one attached hydrogen (secondary N) is 1. The summed E-state index contributed by atoms with van der Waals surface area (Å²) in [5, 5.41) is 8.84. The summed E-state index contributed by atoms with van der Waals surface area (Å²) < 4.78 is 45.0. The molecule has 0 radical (unpaired) electrons. The van der Waals surface area contributed by atoms with E-state index in [2.05, 4.69) is 4.72 Å². The molecule has 1 aliphatic heterocycles. The summed E-state index contributed by atoms with van der Waals surface area (Å²) in [4.78, 5) is -0.325. The smallest absolute Gasteiger partial charge is 0.242 e. The molecule has 1 fully saturated rings. The Labute approximate surface area is 111 Å². The van der Waals surface area contributed by atoms with Gasteiger partial charge in [-0.15, -0.1) is 0 Å². The van der Waals surface area contributed by atoms with Crippen LogP contribution in [0, 0.1) is 23.1 Å². The van der Waals surface area contributed by atoms with Crippen molar-refractivity contribution in [2.45, 2.75) is 11.3 Å². The summed E-state index contributed by atoms with van der Waals surface area (Å²) in [6.07, 6.45) is 0.788. The SMILES string of the molecule is N#Cc1c(F)cccc1S(=O)(=O)NCC1CCOC1. The maximum atomic E-state index is 13.4. The van der Waals surface area contributed by atoms with Crippen molar-refractivity contribution >= 4 is 10.0 Å². The van der Waals surface area contributed by atoms with Gasteiger partial charge in [0.2, 0.25) is 10.0 Å². The molecule has 1 aromatic carbocycles. The molecule has 0 aromatic heterocycles. The van der Waals surface area contributed by atoms with Gasteiger partial charge in [0.1, 0.15) is 22.3 Å². The molecule has 1 unspecified atom stereocenters. The number of benzene rings is 1. The first-order valence-corrected chi connectivity index (χ1v) is 7.29. The van der Waals surface area contributed by atoms with E-state index >= 15 is 0 Å². The fourth-order valence-corrected chi connectivity index (χ4v) is 3.17. The van der Waals surface area contributed by atoms with Gasteiger partial charge in [0.15, 0.2) is 0 Å². The Hall–Kier alpha value is -1.49. The molecule has 1 N–H and O–H groups in total. The summed E-state index contributed by atoms with van der Waals surface area (Å²) in [7, 11) is -3.88. The average molecular weight is 284 g/mol. The van der Waals surface area contributed by atoms with Gasteiger partial charge in [-0.3, -0.25) is 0 Å². The van der Waals surface area contributed by atoms with Crippen molar-refractivity contribution in [3.8, 4) is 6.07 Å². The average Bonchev–Trinajstić information content (AvgIpc) is 2.89. The zero-order valence-electron chi connectivity index (χ0n) is 10.1. The molecule has 1 aromatic rings. The summed E-state index contributed by atoms with van der Waals surface area (Å²) in [6, 6.07) is 5.12. The zero-order valence-corrected chi connectivity index (χ0v) is 10.9. The second kappa shape index (κ2) is 5.65. The fraction of sp³-hybridized carbons (Fsp3) is 0.417. The first kappa shape index (κ1) is 13.9. The van der Waals surface area contributed by atoms with E-state index in [1.807, 2.05) is 0 Å². The highest BCUT2D eigenvalue weighted by Crippen LogP contribution is 2.18. The Kier molecular flexibility index (Phi) is 4.14. The monoisotopic (exact) mass is 284 g/mol. The van der Waals surface area contributed by atoms with E-state index in [1.54, 1.807) is 6.07 Å². The highest BCUT2D eigenvalue weighted by atomic mass is 32.2. The Balaban J connectivity index is 2.20. The van der Waals surface area contributed by atoms with Crippen LogP contribution in [0.15, 0.2) is 23.1 Å². The van der Waals surface area contributed by atoms with Crippen LogP contribution in [0.5, 0.6) is 0 Å². The number of hydrogen-bond donors (Lipinski definition) is 1. The van der Waals surface area contributed by atoms with Crippen LogP contribution >= 0.6 is 0 Å². The number of rotatable bonds is 4. The molecule has 0 bridgehead atoms. The van der Waals surface area contributed by atoms with Gasteiger partial charge in [-0.25, -0.2) is 17.5 Å². The summed E-state index contributed by atoms with van der Waals surface area (Å²) in [6.45, 7) is 1.36. The van der Waals surface area contributed by atoms with E-state index in [1.165, 1.54) is 12.1 Å². The van der Waals surface area contributed by atoms with Crippen molar-refractivity contribution in [3.05, 3.63) is 29.6 Å². The first-order valence-electron chi connectivity index (χ1n) is 5.80. The molecule has 0 spiro atoms. The maximum absolute atomic E-state index is 13.4. The molecule has 0 saturated carbocycles. The minimum Gasteiger partial charge on any atom is -0.381 e. The van der Waals surface area contributed by atoms with Crippen molar-refractivity contribution in [3.63, 3.8) is 0 Å². The lowest BCUT2D eigenvalue weighted by Gasteiger charge is -2.11. The summed E-state index contributed by atoms with van der Waals surface area (Å²) >= 11 is 0. The van der Waals surface area contributed by atoms with E-state index in [0.717, 1.165) is 12.5 Å². The minimum atomic E-state index is -3.88. The lowest BCUT2D eigenvalue weighted by molar-refractivity contribution is 0.186. The lowest BCUT2D eigenvalue weighted by atomic mass is 10.1. The third-order valence-electron chi connectivity index (χ3n) is 2.96. The number of sulfonamides is 1. The van der Waals surface area contributed by atoms with Gasteiger partial charge in [-0.1, -0.05) is 6.07 Å². The van der Waals surface area contributed by atoms with Gasteiger partial charge >= 0.3 is 0 Å². The van der Waals surface area contributed by atoms with Gasteiger partial charge in [-0.2, -0.15) is 5.26 Å². The summed E-state index contributed by atoms with van der Waals surface area (Å²) in [5.74, 6) is -0.719. The van der Waals surface area contributed by atoms with Crippen LogP contribution < -0.4 is 4.72 Å².